The first-order valence-electron chi connectivity index (χ1n) is 6.48. The van der Waals surface area contributed by atoms with Crippen LogP contribution in [0.1, 0.15) is 15.9 Å². The molecule has 0 saturated carbocycles. The molecule has 0 unspecified atom stereocenters. The number of ether oxygens (including phenoxy) is 1. The SMILES string of the molecule is O=C(CNC(=O)c1ccc(F)cc1)OCc1ccc(Br)cc1. The Balaban J connectivity index is 1.76. The Morgan fingerprint density at radius 2 is 1.68 bits per heavy atom. The van der Waals surface area contributed by atoms with Crippen LogP contribution >= 0.6 is 15.9 Å². The van der Waals surface area contributed by atoms with Gasteiger partial charge in [-0.1, -0.05) is 28.1 Å². The molecule has 0 heterocycles. The van der Waals surface area contributed by atoms with Crippen molar-refractivity contribution in [1.29, 1.82) is 0 Å². The molecular weight excluding hydrogens is 353 g/mol. The van der Waals surface area contributed by atoms with Gasteiger partial charge < -0.3 is 10.1 Å². The second-order valence-electron chi connectivity index (χ2n) is 4.48. The predicted molar refractivity (Wildman–Crippen MR) is 82.7 cm³/mol. The van der Waals surface area contributed by atoms with Gasteiger partial charge in [0.25, 0.3) is 5.91 Å². The lowest BCUT2D eigenvalue weighted by atomic mass is 10.2. The van der Waals surface area contributed by atoms with Crippen LogP contribution in [0.5, 0.6) is 0 Å². The average molecular weight is 366 g/mol. The van der Waals surface area contributed by atoms with Crippen LogP contribution in [0.15, 0.2) is 53.0 Å². The number of benzene rings is 2. The molecule has 2 aromatic rings. The zero-order valence-corrected chi connectivity index (χ0v) is 13.1. The molecule has 1 N–H and O–H groups in total. The fourth-order valence-corrected chi connectivity index (χ4v) is 1.92. The van der Waals surface area contributed by atoms with Crippen molar-refractivity contribution in [1.82, 2.24) is 5.32 Å². The first-order chi connectivity index (χ1) is 10.5. The van der Waals surface area contributed by atoms with E-state index in [0.29, 0.717) is 0 Å². The number of rotatable bonds is 5. The van der Waals surface area contributed by atoms with Gasteiger partial charge in [-0.2, -0.15) is 0 Å². The van der Waals surface area contributed by atoms with E-state index in [2.05, 4.69) is 21.2 Å². The number of esters is 1. The van der Waals surface area contributed by atoms with E-state index >= 15 is 0 Å². The topological polar surface area (TPSA) is 55.4 Å². The molecule has 22 heavy (non-hydrogen) atoms. The van der Waals surface area contributed by atoms with Crippen LogP contribution in [0.4, 0.5) is 4.39 Å². The normalized spacial score (nSPS) is 10.1. The molecule has 0 radical (unpaired) electrons. The minimum atomic E-state index is -0.543. The summed E-state index contributed by atoms with van der Waals surface area (Å²) in [4.78, 5) is 23.3. The summed E-state index contributed by atoms with van der Waals surface area (Å²) in [5.41, 5.74) is 1.13. The van der Waals surface area contributed by atoms with Crippen molar-refractivity contribution in [2.75, 3.05) is 6.54 Å². The van der Waals surface area contributed by atoms with Gasteiger partial charge in [-0.3, -0.25) is 9.59 Å². The Bertz CT molecular complexity index is 656. The van der Waals surface area contributed by atoms with Crippen molar-refractivity contribution in [3.63, 3.8) is 0 Å². The molecular formula is C16H13BrFNO3. The fourth-order valence-electron chi connectivity index (χ4n) is 1.65. The molecule has 0 aliphatic heterocycles. The number of nitrogens with one attached hydrogen (secondary N) is 1. The minimum absolute atomic E-state index is 0.137. The van der Waals surface area contributed by atoms with Crippen LogP contribution in [-0.2, 0) is 16.1 Å². The van der Waals surface area contributed by atoms with Gasteiger partial charge in [0.15, 0.2) is 0 Å². The second-order valence-corrected chi connectivity index (χ2v) is 5.39. The zero-order chi connectivity index (χ0) is 15.9. The van der Waals surface area contributed by atoms with Crippen LogP contribution in [0, 0.1) is 5.82 Å². The second kappa shape index (κ2) is 7.70. The van der Waals surface area contributed by atoms with E-state index in [0.717, 1.165) is 10.0 Å². The van der Waals surface area contributed by atoms with Gasteiger partial charge in [-0.25, -0.2) is 4.39 Å². The van der Waals surface area contributed by atoms with Crippen LogP contribution < -0.4 is 5.32 Å². The molecule has 114 valence electrons. The van der Waals surface area contributed by atoms with Crippen molar-refractivity contribution >= 4 is 27.8 Å². The highest BCUT2D eigenvalue weighted by Crippen LogP contribution is 2.11. The molecule has 0 atom stereocenters. The monoisotopic (exact) mass is 365 g/mol. The molecule has 0 aromatic heterocycles. The number of hydrogen-bond donors (Lipinski definition) is 1. The lowest BCUT2D eigenvalue weighted by molar-refractivity contribution is -0.143. The van der Waals surface area contributed by atoms with Crippen LogP contribution in [0.3, 0.4) is 0 Å². The van der Waals surface area contributed by atoms with E-state index in [4.69, 9.17) is 4.74 Å². The molecule has 0 spiro atoms. The molecule has 2 rings (SSSR count). The van der Waals surface area contributed by atoms with Gasteiger partial charge >= 0.3 is 5.97 Å². The molecule has 0 fully saturated rings. The highest BCUT2D eigenvalue weighted by atomic mass is 79.9. The standard InChI is InChI=1S/C16H13BrFNO3/c17-13-5-1-11(2-6-13)10-22-15(20)9-19-16(21)12-3-7-14(18)8-4-12/h1-8H,9-10H2,(H,19,21). The zero-order valence-electron chi connectivity index (χ0n) is 11.5. The molecule has 1 amide bonds. The van der Waals surface area contributed by atoms with Crippen molar-refractivity contribution in [3.05, 3.63) is 69.9 Å². The van der Waals surface area contributed by atoms with Gasteiger partial charge in [0.05, 0.1) is 0 Å². The highest BCUT2D eigenvalue weighted by molar-refractivity contribution is 9.10. The van der Waals surface area contributed by atoms with Gasteiger partial charge in [0.2, 0.25) is 0 Å². The molecule has 4 nitrogen and oxygen atoms in total. The quantitative estimate of drug-likeness (QED) is 0.828. The van der Waals surface area contributed by atoms with Crippen LogP contribution in [0.2, 0.25) is 0 Å². The summed E-state index contributed by atoms with van der Waals surface area (Å²) >= 11 is 3.31. The number of carbonyl (C=O) groups is 2. The summed E-state index contributed by atoms with van der Waals surface area (Å²) in [6.45, 7) is -0.106. The third kappa shape index (κ3) is 4.96. The maximum atomic E-state index is 12.7. The molecule has 6 heteroatoms. The van der Waals surface area contributed by atoms with Crippen molar-refractivity contribution < 1.29 is 18.7 Å². The summed E-state index contributed by atoms with van der Waals surface area (Å²) in [5.74, 6) is -1.43. The molecule has 0 bridgehead atoms. The van der Waals surface area contributed by atoms with Crippen LogP contribution in [0.25, 0.3) is 0 Å². The molecule has 0 aliphatic carbocycles. The molecule has 0 aliphatic rings. The van der Waals surface area contributed by atoms with E-state index in [1.54, 1.807) is 0 Å². The summed E-state index contributed by atoms with van der Waals surface area (Å²) in [5, 5.41) is 2.42. The number of halogens is 2. The lowest BCUT2D eigenvalue weighted by Crippen LogP contribution is -2.30. The largest absolute Gasteiger partial charge is 0.460 e. The Labute approximate surface area is 135 Å². The Morgan fingerprint density at radius 3 is 2.32 bits per heavy atom. The van der Waals surface area contributed by atoms with E-state index < -0.39 is 17.7 Å². The minimum Gasteiger partial charge on any atom is -0.460 e. The van der Waals surface area contributed by atoms with E-state index in [1.165, 1.54) is 24.3 Å². The number of amides is 1. The third-order valence-electron chi connectivity index (χ3n) is 2.81. The number of carbonyl (C=O) groups excluding carboxylic acids is 2. The average Bonchev–Trinajstić information content (AvgIpc) is 2.52. The smallest absolute Gasteiger partial charge is 0.325 e. The Hall–Kier alpha value is -2.21. The summed E-state index contributed by atoms with van der Waals surface area (Å²) in [6.07, 6.45) is 0. The highest BCUT2D eigenvalue weighted by Gasteiger charge is 2.09. The lowest BCUT2D eigenvalue weighted by Gasteiger charge is -2.07. The summed E-state index contributed by atoms with van der Waals surface area (Å²) in [6, 6.07) is 12.4. The first kappa shape index (κ1) is 16.2. The Morgan fingerprint density at radius 1 is 1.05 bits per heavy atom. The van der Waals surface area contributed by atoms with Crippen molar-refractivity contribution in [2.45, 2.75) is 6.61 Å². The van der Waals surface area contributed by atoms with Gasteiger partial charge in [-0.05, 0) is 42.0 Å². The van der Waals surface area contributed by atoms with Crippen LogP contribution in [-0.4, -0.2) is 18.4 Å². The Kier molecular flexibility index (Phi) is 5.66. The van der Waals surface area contributed by atoms with E-state index in [9.17, 15) is 14.0 Å². The van der Waals surface area contributed by atoms with E-state index in [1.807, 2.05) is 24.3 Å². The maximum Gasteiger partial charge on any atom is 0.325 e. The predicted octanol–water partition coefficient (Wildman–Crippen LogP) is 3.06. The number of hydrogen-bond acceptors (Lipinski definition) is 3. The van der Waals surface area contributed by atoms with Gasteiger partial charge in [0, 0.05) is 10.0 Å². The maximum absolute atomic E-state index is 12.7. The first-order valence-corrected chi connectivity index (χ1v) is 7.28. The van der Waals surface area contributed by atoms with Crippen molar-refractivity contribution in [2.24, 2.45) is 0 Å². The summed E-state index contributed by atoms with van der Waals surface area (Å²) in [7, 11) is 0. The van der Waals surface area contributed by atoms with Gasteiger partial charge in [-0.15, -0.1) is 0 Å². The molecule has 2 aromatic carbocycles. The third-order valence-corrected chi connectivity index (χ3v) is 3.34. The fraction of sp³-hybridized carbons (Fsp3) is 0.125. The van der Waals surface area contributed by atoms with E-state index in [-0.39, 0.29) is 18.7 Å². The summed E-state index contributed by atoms with van der Waals surface area (Å²) < 4.78 is 18.7. The van der Waals surface area contributed by atoms with Gasteiger partial charge in [0.1, 0.15) is 19.0 Å². The van der Waals surface area contributed by atoms with Crippen molar-refractivity contribution in [3.8, 4) is 0 Å². The molecule has 0 saturated heterocycles.